The van der Waals surface area contributed by atoms with E-state index in [1.807, 2.05) is 34.6 Å². The third-order valence-electron chi connectivity index (χ3n) is 2.35. The minimum Gasteiger partial charge on any atom is -0.396 e. The summed E-state index contributed by atoms with van der Waals surface area (Å²) in [6, 6.07) is 0. The van der Waals surface area contributed by atoms with Crippen molar-refractivity contribution in [3.63, 3.8) is 0 Å². The first-order valence-electron chi connectivity index (χ1n) is 6.39. The van der Waals surface area contributed by atoms with Gasteiger partial charge in [0.05, 0.1) is 24.9 Å². The van der Waals surface area contributed by atoms with E-state index in [9.17, 15) is 0 Å². The summed E-state index contributed by atoms with van der Waals surface area (Å²) in [6.07, 6.45) is 0.730. The second-order valence-corrected chi connectivity index (χ2v) is 5.01. The fourth-order valence-corrected chi connectivity index (χ4v) is 1.42. The Labute approximate surface area is 105 Å². The van der Waals surface area contributed by atoms with Crippen LogP contribution in [-0.4, -0.2) is 49.3 Å². The first-order chi connectivity index (χ1) is 7.91. The zero-order valence-corrected chi connectivity index (χ0v) is 11.9. The molecule has 0 spiro atoms. The van der Waals surface area contributed by atoms with Crippen LogP contribution >= 0.6 is 0 Å². The Kier molecular flexibility index (Phi) is 8.78. The molecular formula is C13H28O4. The average molecular weight is 248 g/mol. The van der Waals surface area contributed by atoms with Crippen LogP contribution in [0.3, 0.4) is 0 Å². The van der Waals surface area contributed by atoms with Crippen molar-refractivity contribution in [2.24, 2.45) is 0 Å². The average Bonchev–Trinajstić information content (AvgIpc) is 2.21. The molecule has 1 unspecified atom stereocenters. The summed E-state index contributed by atoms with van der Waals surface area (Å²) < 4.78 is 16.8. The molecule has 0 fully saturated rings. The lowest BCUT2D eigenvalue weighted by Gasteiger charge is -2.28. The Morgan fingerprint density at radius 1 is 1.18 bits per heavy atom. The highest BCUT2D eigenvalue weighted by molar-refractivity contribution is 4.69. The molecule has 4 nitrogen and oxygen atoms in total. The molecule has 1 N–H and O–H groups in total. The lowest BCUT2D eigenvalue weighted by atomic mass is 10.1. The van der Waals surface area contributed by atoms with Crippen molar-refractivity contribution in [3.8, 4) is 0 Å². The molecule has 0 aromatic carbocycles. The highest BCUT2D eigenvalue weighted by atomic mass is 16.6. The van der Waals surface area contributed by atoms with Crippen LogP contribution in [0.25, 0.3) is 0 Å². The van der Waals surface area contributed by atoms with Crippen LogP contribution in [0.4, 0.5) is 0 Å². The van der Waals surface area contributed by atoms with Crippen molar-refractivity contribution in [1.82, 2.24) is 0 Å². The van der Waals surface area contributed by atoms with Crippen molar-refractivity contribution in [2.75, 3.05) is 26.4 Å². The van der Waals surface area contributed by atoms with Gasteiger partial charge in [0.15, 0.2) is 0 Å². The van der Waals surface area contributed by atoms with Crippen LogP contribution in [0.1, 0.15) is 41.0 Å². The molecule has 0 aliphatic carbocycles. The monoisotopic (exact) mass is 248 g/mol. The second-order valence-electron chi connectivity index (χ2n) is 5.01. The van der Waals surface area contributed by atoms with Crippen molar-refractivity contribution in [2.45, 2.75) is 58.8 Å². The molecule has 0 rings (SSSR count). The number of ether oxygens (including phenoxy) is 3. The Morgan fingerprint density at radius 2 is 1.82 bits per heavy atom. The van der Waals surface area contributed by atoms with Crippen LogP contribution in [-0.2, 0) is 14.2 Å². The van der Waals surface area contributed by atoms with Crippen molar-refractivity contribution < 1.29 is 19.3 Å². The largest absolute Gasteiger partial charge is 0.396 e. The lowest BCUT2D eigenvalue weighted by Crippen LogP contribution is -2.35. The second kappa shape index (κ2) is 8.86. The molecule has 0 aromatic rings. The summed E-state index contributed by atoms with van der Waals surface area (Å²) >= 11 is 0. The highest BCUT2D eigenvalue weighted by Gasteiger charge is 2.21. The molecule has 0 saturated heterocycles. The van der Waals surface area contributed by atoms with E-state index >= 15 is 0 Å². The molecule has 0 radical (unpaired) electrons. The quantitative estimate of drug-likeness (QED) is 0.642. The molecule has 0 aromatic heterocycles. The molecule has 0 heterocycles. The standard InChI is InChI=1S/C13H28O4/c1-6-15-9-12(17-11(2)3)10-16-13(4,5)7-8-14/h11-12,14H,6-10H2,1-5H3. The van der Waals surface area contributed by atoms with Gasteiger partial charge >= 0.3 is 0 Å². The van der Waals surface area contributed by atoms with E-state index in [1.165, 1.54) is 0 Å². The van der Waals surface area contributed by atoms with Gasteiger partial charge in [0.25, 0.3) is 0 Å². The van der Waals surface area contributed by atoms with Crippen molar-refractivity contribution in [1.29, 1.82) is 0 Å². The number of hydrogen-bond donors (Lipinski definition) is 1. The number of aliphatic hydroxyl groups excluding tert-OH is 1. The Hall–Kier alpha value is -0.160. The first-order valence-corrected chi connectivity index (χ1v) is 6.39. The Morgan fingerprint density at radius 3 is 2.29 bits per heavy atom. The zero-order valence-electron chi connectivity index (χ0n) is 11.9. The molecule has 0 saturated carbocycles. The predicted molar refractivity (Wildman–Crippen MR) is 68.2 cm³/mol. The Balaban J connectivity index is 4.04. The summed E-state index contributed by atoms with van der Waals surface area (Å²) in [7, 11) is 0. The molecule has 0 aliphatic heterocycles. The van der Waals surface area contributed by atoms with Crippen molar-refractivity contribution in [3.05, 3.63) is 0 Å². The predicted octanol–water partition coefficient (Wildman–Crippen LogP) is 1.99. The van der Waals surface area contributed by atoms with E-state index in [-0.39, 0.29) is 24.4 Å². The van der Waals surface area contributed by atoms with E-state index in [0.29, 0.717) is 26.2 Å². The van der Waals surface area contributed by atoms with Gasteiger partial charge in [-0.2, -0.15) is 0 Å². The van der Waals surface area contributed by atoms with Crippen LogP contribution in [0.15, 0.2) is 0 Å². The van der Waals surface area contributed by atoms with E-state index in [4.69, 9.17) is 19.3 Å². The number of hydrogen-bond acceptors (Lipinski definition) is 4. The number of rotatable bonds is 10. The van der Waals surface area contributed by atoms with Gasteiger partial charge in [0, 0.05) is 13.2 Å². The molecule has 4 heteroatoms. The maximum absolute atomic E-state index is 8.92. The zero-order chi connectivity index (χ0) is 13.3. The van der Waals surface area contributed by atoms with E-state index in [2.05, 4.69) is 0 Å². The van der Waals surface area contributed by atoms with Gasteiger partial charge < -0.3 is 19.3 Å². The molecular weight excluding hydrogens is 220 g/mol. The maximum atomic E-state index is 8.92. The normalized spacial score (nSPS) is 14.3. The van der Waals surface area contributed by atoms with Crippen molar-refractivity contribution >= 4 is 0 Å². The third-order valence-corrected chi connectivity index (χ3v) is 2.35. The van der Waals surface area contributed by atoms with Crippen LogP contribution in [0.2, 0.25) is 0 Å². The third kappa shape index (κ3) is 9.53. The molecule has 0 amide bonds. The fourth-order valence-electron chi connectivity index (χ4n) is 1.42. The van der Waals surface area contributed by atoms with Gasteiger partial charge in [-0.3, -0.25) is 0 Å². The topological polar surface area (TPSA) is 47.9 Å². The van der Waals surface area contributed by atoms with Gasteiger partial charge in [0.2, 0.25) is 0 Å². The fraction of sp³-hybridized carbons (Fsp3) is 1.00. The smallest absolute Gasteiger partial charge is 0.104 e. The molecule has 17 heavy (non-hydrogen) atoms. The van der Waals surface area contributed by atoms with E-state index in [1.54, 1.807) is 0 Å². The maximum Gasteiger partial charge on any atom is 0.104 e. The molecule has 1 atom stereocenters. The summed E-state index contributed by atoms with van der Waals surface area (Å²) in [5, 5.41) is 8.92. The lowest BCUT2D eigenvalue weighted by molar-refractivity contribution is -0.120. The highest BCUT2D eigenvalue weighted by Crippen LogP contribution is 2.15. The van der Waals surface area contributed by atoms with E-state index in [0.717, 1.165) is 0 Å². The van der Waals surface area contributed by atoms with Gasteiger partial charge in [-0.1, -0.05) is 0 Å². The van der Waals surface area contributed by atoms with Gasteiger partial charge in [0.1, 0.15) is 6.10 Å². The van der Waals surface area contributed by atoms with Crippen LogP contribution < -0.4 is 0 Å². The number of aliphatic hydroxyl groups is 1. The summed E-state index contributed by atoms with van der Waals surface area (Å²) in [6.45, 7) is 11.7. The van der Waals surface area contributed by atoms with Gasteiger partial charge in [-0.15, -0.1) is 0 Å². The minimum atomic E-state index is -0.320. The van der Waals surface area contributed by atoms with Gasteiger partial charge in [-0.25, -0.2) is 0 Å². The summed E-state index contributed by atoms with van der Waals surface area (Å²) in [5.74, 6) is 0. The molecule has 0 bridgehead atoms. The van der Waals surface area contributed by atoms with E-state index < -0.39 is 0 Å². The molecule has 104 valence electrons. The SMILES string of the molecule is CCOCC(COC(C)(C)CCO)OC(C)C. The summed E-state index contributed by atoms with van der Waals surface area (Å²) in [4.78, 5) is 0. The van der Waals surface area contributed by atoms with Crippen LogP contribution in [0, 0.1) is 0 Å². The first kappa shape index (κ1) is 16.8. The molecule has 0 aliphatic rings. The summed E-state index contributed by atoms with van der Waals surface area (Å²) in [5.41, 5.74) is -0.320. The minimum absolute atomic E-state index is 0.0482. The Bertz CT molecular complexity index is 180. The van der Waals surface area contributed by atoms with Crippen LogP contribution in [0.5, 0.6) is 0 Å². The van der Waals surface area contributed by atoms with Gasteiger partial charge in [-0.05, 0) is 41.0 Å².